The Kier molecular flexibility index (Phi) is 49.7. The lowest BCUT2D eigenvalue weighted by atomic mass is 10.0. The van der Waals surface area contributed by atoms with Crippen LogP contribution in [-0.2, 0) is 18.4 Å². The Morgan fingerprint density at radius 2 is 0.853 bits per heavy atom. The lowest BCUT2D eigenvalue weighted by Crippen LogP contribution is -2.45. The fourth-order valence-corrected chi connectivity index (χ4v) is 9.44. The van der Waals surface area contributed by atoms with Crippen LogP contribution >= 0.6 is 7.82 Å². The van der Waals surface area contributed by atoms with Crippen molar-refractivity contribution in [2.45, 2.75) is 296 Å². The normalized spacial score (nSPS) is 14.2. The first-order valence-electron chi connectivity index (χ1n) is 29.4. The summed E-state index contributed by atoms with van der Waals surface area (Å²) in [7, 11) is 1.27. The largest absolute Gasteiger partial charge is 0.756 e. The summed E-state index contributed by atoms with van der Waals surface area (Å²) in [5.41, 5.74) is 0. The number of quaternary nitrogens is 1. The van der Waals surface area contributed by atoms with Gasteiger partial charge in [0, 0.05) is 6.42 Å². The van der Waals surface area contributed by atoms with Crippen molar-refractivity contribution in [3.8, 4) is 0 Å². The molecule has 0 aliphatic carbocycles. The van der Waals surface area contributed by atoms with Gasteiger partial charge in [0.05, 0.1) is 39.9 Å². The molecule has 0 radical (unpaired) electrons. The number of hydrogen-bond acceptors (Lipinski definition) is 6. The molecule has 0 saturated heterocycles. The summed E-state index contributed by atoms with van der Waals surface area (Å²) in [6.07, 6.45) is 65.0. The summed E-state index contributed by atoms with van der Waals surface area (Å²) >= 11 is 0. The second-order valence-corrected chi connectivity index (χ2v) is 22.8. The van der Waals surface area contributed by atoms with Gasteiger partial charge in [-0.25, -0.2) is 0 Å². The quantitative estimate of drug-likeness (QED) is 0.0272. The van der Waals surface area contributed by atoms with Crippen molar-refractivity contribution in [1.82, 2.24) is 5.32 Å². The summed E-state index contributed by atoms with van der Waals surface area (Å²) in [6, 6.07) is -0.887. The molecule has 0 aromatic heterocycles. The predicted octanol–water partition coefficient (Wildman–Crippen LogP) is 17.1. The molecule has 402 valence electrons. The Balaban J connectivity index is 4.19. The molecular weight excluding hydrogens is 864 g/mol. The van der Waals surface area contributed by atoms with Crippen molar-refractivity contribution in [2.75, 3.05) is 40.9 Å². The average molecular weight is 980 g/mol. The van der Waals surface area contributed by atoms with Gasteiger partial charge in [-0.3, -0.25) is 9.36 Å². The third-order valence-electron chi connectivity index (χ3n) is 13.3. The molecular formula is C59H115N2O6P. The number of carbonyl (C=O) groups is 1. The molecule has 9 heteroatoms. The van der Waals surface area contributed by atoms with Gasteiger partial charge < -0.3 is 28.8 Å². The third kappa shape index (κ3) is 52.5. The molecule has 68 heavy (non-hydrogen) atoms. The van der Waals surface area contributed by atoms with Gasteiger partial charge in [0.15, 0.2) is 0 Å². The van der Waals surface area contributed by atoms with Crippen LogP contribution in [0.3, 0.4) is 0 Å². The smallest absolute Gasteiger partial charge is 0.268 e. The van der Waals surface area contributed by atoms with E-state index in [-0.39, 0.29) is 19.1 Å². The molecule has 0 aliphatic heterocycles. The molecule has 0 rings (SSSR count). The zero-order valence-electron chi connectivity index (χ0n) is 45.8. The number of hydrogen-bond donors (Lipinski definition) is 2. The van der Waals surface area contributed by atoms with Crippen molar-refractivity contribution >= 4 is 13.7 Å². The van der Waals surface area contributed by atoms with Gasteiger partial charge in [0.25, 0.3) is 7.82 Å². The van der Waals surface area contributed by atoms with Gasteiger partial charge in [-0.1, -0.05) is 262 Å². The standard InChI is InChI=1S/C59H115N2O6P/c1-6-8-10-12-14-16-18-20-22-24-26-28-29-30-31-33-35-37-39-41-43-45-47-49-51-53-59(63)60-57(56-67-68(64,65)66-55-54-61(3,4)5)58(62)52-50-48-46-44-42-40-38-36-34-32-27-25-23-21-19-17-15-13-11-9-7-2/h18,20,24,26,50,52,57-58,62H,6-17,19,21-23,25,27-49,51,53-56H2,1-5H3,(H-,60,63,64,65)/b20-18-,26-24-,52-50+. The zero-order chi connectivity index (χ0) is 49.9. The topological polar surface area (TPSA) is 108 Å². The first kappa shape index (κ1) is 66.7. The first-order valence-corrected chi connectivity index (χ1v) is 30.8. The number of allylic oxidation sites excluding steroid dienone is 5. The number of likely N-dealkylation sites (N-methyl/N-ethyl adjacent to an activating group) is 1. The SMILES string of the molecule is CCCCCCC/C=C\C/C=C\CCCCCCCCCCCCCCCC(=O)NC(COP(=O)([O-])OCC[N+](C)(C)C)C(O)/C=C/CCCCCCCCCCCCCCCCCCCCC. The van der Waals surface area contributed by atoms with Crippen LogP contribution in [0.2, 0.25) is 0 Å². The van der Waals surface area contributed by atoms with E-state index in [1.807, 2.05) is 27.2 Å². The van der Waals surface area contributed by atoms with Crippen LogP contribution in [0.15, 0.2) is 36.5 Å². The van der Waals surface area contributed by atoms with E-state index in [1.54, 1.807) is 6.08 Å². The van der Waals surface area contributed by atoms with Crippen LogP contribution in [0.4, 0.5) is 0 Å². The summed E-state index contributed by atoms with van der Waals surface area (Å²) in [5.74, 6) is -0.195. The Morgan fingerprint density at radius 1 is 0.515 bits per heavy atom. The molecule has 0 bridgehead atoms. The monoisotopic (exact) mass is 979 g/mol. The van der Waals surface area contributed by atoms with Crippen LogP contribution in [0, 0.1) is 0 Å². The van der Waals surface area contributed by atoms with Crippen molar-refractivity contribution in [3.63, 3.8) is 0 Å². The molecule has 2 N–H and O–H groups in total. The summed E-state index contributed by atoms with van der Waals surface area (Å²) in [6.45, 7) is 4.67. The fourth-order valence-electron chi connectivity index (χ4n) is 8.72. The second kappa shape index (κ2) is 50.7. The number of carbonyl (C=O) groups excluding carboxylic acids is 1. The van der Waals surface area contributed by atoms with Gasteiger partial charge in [-0.2, -0.15) is 0 Å². The molecule has 3 atom stereocenters. The fraction of sp³-hybridized carbons (Fsp3) is 0.881. The maximum Gasteiger partial charge on any atom is 0.268 e. The highest BCUT2D eigenvalue weighted by molar-refractivity contribution is 7.45. The van der Waals surface area contributed by atoms with Crippen LogP contribution < -0.4 is 10.2 Å². The van der Waals surface area contributed by atoms with Crippen molar-refractivity contribution < 1.29 is 32.9 Å². The maximum atomic E-state index is 13.0. The molecule has 0 heterocycles. The van der Waals surface area contributed by atoms with Gasteiger partial charge in [0.2, 0.25) is 5.91 Å². The summed E-state index contributed by atoms with van der Waals surface area (Å²) < 4.78 is 23.4. The lowest BCUT2D eigenvalue weighted by Gasteiger charge is -2.29. The number of unbranched alkanes of at least 4 members (excludes halogenated alkanes) is 37. The Bertz CT molecular complexity index is 1200. The van der Waals surface area contributed by atoms with E-state index in [0.29, 0.717) is 17.4 Å². The number of nitrogens with zero attached hydrogens (tertiary/aromatic N) is 1. The Labute approximate surface area is 423 Å². The first-order chi connectivity index (χ1) is 33.0. The number of aliphatic hydroxyl groups is 1. The van der Waals surface area contributed by atoms with Gasteiger partial charge >= 0.3 is 0 Å². The number of amides is 1. The third-order valence-corrected chi connectivity index (χ3v) is 14.3. The summed E-state index contributed by atoms with van der Waals surface area (Å²) in [4.78, 5) is 25.5. The molecule has 1 amide bonds. The van der Waals surface area contributed by atoms with Gasteiger partial charge in [-0.05, 0) is 51.4 Å². The molecule has 0 saturated carbocycles. The minimum Gasteiger partial charge on any atom is -0.756 e. The highest BCUT2D eigenvalue weighted by Crippen LogP contribution is 2.38. The predicted molar refractivity (Wildman–Crippen MR) is 293 cm³/mol. The number of phosphoric ester groups is 1. The molecule has 8 nitrogen and oxygen atoms in total. The Hall–Kier alpha value is -1.28. The van der Waals surface area contributed by atoms with E-state index in [0.717, 1.165) is 44.9 Å². The van der Waals surface area contributed by atoms with Crippen LogP contribution in [0.5, 0.6) is 0 Å². The van der Waals surface area contributed by atoms with E-state index in [1.165, 1.54) is 218 Å². The van der Waals surface area contributed by atoms with E-state index >= 15 is 0 Å². The van der Waals surface area contributed by atoms with Crippen molar-refractivity contribution in [3.05, 3.63) is 36.5 Å². The summed E-state index contributed by atoms with van der Waals surface area (Å²) in [5, 5.41) is 13.9. The van der Waals surface area contributed by atoms with E-state index in [2.05, 4.69) is 43.5 Å². The van der Waals surface area contributed by atoms with Crippen LogP contribution in [-0.4, -0.2) is 68.5 Å². The number of nitrogens with one attached hydrogen (secondary N) is 1. The maximum absolute atomic E-state index is 13.0. The van der Waals surface area contributed by atoms with Crippen LogP contribution in [0.25, 0.3) is 0 Å². The van der Waals surface area contributed by atoms with Gasteiger partial charge in [0.1, 0.15) is 13.2 Å². The van der Waals surface area contributed by atoms with E-state index in [4.69, 9.17) is 9.05 Å². The molecule has 0 aliphatic rings. The number of aliphatic hydroxyl groups excluding tert-OH is 1. The number of phosphoric acid groups is 1. The molecule has 0 spiro atoms. The molecule has 0 aromatic carbocycles. The highest BCUT2D eigenvalue weighted by Gasteiger charge is 2.23. The molecule has 0 aromatic rings. The van der Waals surface area contributed by atoms with Crippen LogP contribution in [0.1, 0.15) is 284 Å². The minimum absolute atomic E-state index is 0.000225. The lowest BCUT2D eigenvalue weighted by molar-refractivity contribution is -0.870. The Morgan fingerprint density at radius 3 is 1.22 bits per heavy atom. The minimum atomic E-state index is -4.60. The molecule has 3 unspecified atom stereocenters. The van der Waals surface area contributed by atoms with Gasteiger partial charge in [-0.15, -0.1) is 0 Å². The zero-order valence-corrected chi connectivity index (χ0v) is 46.7. The molecule has 0 fully saturated rings. The second-order valence-electron chi connectivity index (χ2n) is 21.4. The van der Waals surface area contributed by atoms with Crippen molar-refractivity contribution in [2.24, 2.45) is 0 Å². The van der Waals surface area contributed by atoms with Crippen molar-refractivity contribution in [1.29, 1.82) is 0 Å². The van der Waals surface area contributed by atoms with E-state index in [9.17, 15) is 19.4 Å². The van der Waals surface area contributed by atoms with E-state index < -0.39 is 20.0 Å². The number of rotatable bonds is 54. The highest BCUT2D eigenvalue weighted by atomic mass is 31.2. The average Bonchev–Trinajstić information content (AvgIpc) is 3.30.